The normalized spacial score (nSPS) is 21.4. The van der Waals surface area contributed by atoms with E-state index < -0.39 is 28.7 Å². The first-order chi connectivity index (χ1) is 9.43. The standard InChI is InChI=1S/C13H19FN2O3S/c14-9-12(15)13(17)10-1-3-11(4-2-10)16-5-7-20(18,19)8-6-16/h1-4,12-13,17H,5-9,15H2/t12-,13-/m1/s1. The van der Waals surface area contributed by atoms with Gasteiger partial charge in [-0.2, -0.15) is 0 Å². The number of anilines is 1. The Morgan fingerprint density at radius 1 is 1.25 bits per heavy atom. The maximum atomic E-state index is 12.4. The lowest BCUT2D eigenvalue weighted by Crippen LogP contribution is -2.40. The molecule has 1 aliphatic rings. The summed E-state index contributed by atoms with van der Waals surface area (Å²) in [5.41, 5.74) is 6.91. The van der Waals surface area contributed by atoms with Gasteiger partial charge in [-0.3, -0.25) is 0 Å². The molecule has 1 heterocycles. The van der Waals surface area contributed by atoms with Gasteiger partial charge in [0.1, 0.15) is 6.67 Å². The van der Waals surface area contributed by atoms with Gasteiger partial charge in [-0.15, -0.1) is 0 Å². The first-order valence-electron chi connectivity index (χ1n) is 6.48. The number of benzene rings is 1. The van der Waals surface area contributed by atoms with Gasteiger partial charge in [0.2, 0.25) is 0 Å². The molecule has 1 fully saturated rings. The molecule has 112 valence electrons. The van der Waals surface area contributed by atoms with Crippen molar-refractivity contribution in [1.82, 2.24) is 0 Å². The number of sulfone groups is 1. The van der Waals surface area contributed by atoms with Crippen molar-refractivity contribution in [1.29, 1.82) is 0 Å². The largest absolute Gasteiger partial charge is 0.387 e. The number of alkyl halides is 1. The van der Waals surface area contributed by atoms with Gasteiger partial charge < -0.3 is 15.7 Å². The maximum Gasteiger partial charge on any atom is 0.153 e. The third-order valence-corrected chi connectivity index (χ3v) is 5.14. The molecule has 5 nitrogen and oxygen atoms in total. The summed E-state index contributed by atoms with van der Waals surface area (Å²) in [6.07, 6.45) is -1.03. The highest BCUT2D eigenvalue weighted by Crippen LogP contribution is 2.22. The lowest BCUT2D eigenvalue weighted by Gasteiger charge is -2.29. The van der Waals surface area contributed by atoms with Crippen LogP contribution in [-0.2, 0) is 9.84 Å². The molecule has 0 aromatic heterocycles. The number of rotatable bonds is 4. The molecular formula is C13H19FN2O3S. The number of halogens is 1. The van der Waals surface area contributed by atoms with Crippen LogP contribution in [0, 0.1) is 0 Å². The van der Waals surface area contributed by atoms with Crippen LogP contribution in [0.3, 0.4) is 0 Å². The smallest absolute Gasteiger partial charge is 0.153 e. The van der Waals surface area contributed by atoms with Crippen LogP contribution >= 0.6 is 0 Å². The first-order valence-corrected chi connectivity index (χ1v) is 8.30. The number of hydrogen-bond acceptors (Lipinski definition) is 5. The summed E-state index contributed by atoms with van der Waals surface area (Å²) in [7, 11) is -2.90. The van der Waals surface area contributed by atoms with Crippen LogP contribution in [0.2, 0.25) is 0 Å². The molecule has 0 saturated carbocycles. The van der Waals surface area contributed by atoms with Crippen LogP contribution < -0.4 is 10.6 Å². The van der Waals surface area contributed by atoms with Gasteiger partial charge in [0.05, 0.1) is 23.7 Å². The molecule has 2 atom stereocenters. The predicted molar refractivity (Wildman–Crippen MR) is 76.2 cm³/mol. The second kappa shape index (κ2) is 6.07. The highest BCUT2D eigenvalue weighted by Gasteiger charge is 2.22. The lowest BCUT2D eigenvalue weighted by molar-refractivity contribution is 0.132. The molecule has 1 saturated heterocycles. The van der Waals surface area contributed by atoms with E-state index in [1.54, 1.807) is 24.3 Å². The summed E-state index contributed by atoms with van der Waals surface area (Å²) >= 11 is 0. The lowest BCUT2D eigenvalue weighted by atomic mass is 10.0. The molecular weight excluding hydrogens is 283 g/mol. The van der Waals surface area contributed by atoms with E-state index in [4.69, 9.17) is 5.73 Å². The molecule has 20 heavy (non-hydrogen) atoms. The van der Waals surface area contributed by atoms with E-state index in [0.29, 0.717) is 18.7 Å². The summed E-state index contributed by atoms with van der Waals surface area (Å²) in [5, 5.41) is 9.80. The zero-order chi connectivity index (χ0) is 14.8. The number of nitrogens with zero attached hydrogens (tertiary/aromatic N) is 1. The van der Waals surface area contributed by atoms with Crippen LogP contribution in [0.5, 0.6) is 0 Å². The first kappa shape index (κ1) is 15.2. The van der Waals surface area contributed by atoms with Crippen molar-refractivity contribution in [2.75, 3.05) is 36.2 Å². The van der Waals surface area contributed by atoms with E-state index >= 15 is 0 Å². The van der Waals surface area contributed by atoms with Gasteiger partial charge in [0.25, 0.3) is 0 Å². The van der Waals surface area contributed by atoms with Crippen LogP contribution in [0.4, 0.5) is 10.1 Å². The molecule has 1 aromatic rings. The summed E-state index contributed by atoms with van der Waals surface area (Å²) in [4.78, 5) is 1.98. The molecule has 0 unspecified atom stereocenters. The third kappa shape index (κ3) is 3.47. The molecule has 1 aromatic carbocycles. The molecule has 0 bridgehead atoms. The fraction of sp³-hybridized carbons (Fsp3) is 0.538. The number of hydrogen-bond donors (Lipinski definition) is 2. The Morgan fingerprint density at radius 2 is 1.80 bits per heavy atom. The van der Waals surface area contributed by atoms with Crippen molar-refractivity contribution in [3.63, 3.8) is 0 Å². The fourth-order valence-electron chi connectivity index (χ4n) is 2.18. The summed E-state index contributed by atoms with van der Waals surface area (Å²) in [6.45, 7) is 0.148. The van der Waals surface area contributed by atoms with Crippen molar-refractivity contribution in [2.24, 2.45) is 5.73 Å². The van der Waals surface area contributed by atoms with Gasteiger partial charge in [0.15, 0.2) is 9.84 Å². The molecule has 1 aliphatic heterocycles. The van der Waals surface area contributed by atoms with Crippen LogP contribution in [0.25, 0.3) is 0 Å². The molecule has 3 N–H and O–H groups in total. The molecule has 0 aliphatic carbocycles. The molecule has 2 rings (SSSR count). The Balaban J connectivity index is 2.05. The summed E-state index contributed by atoms with van der Waals surface area (Å²) in [5.74, 6) is 0.314. The topological polar surface area (TPSA) is 83.6 Å². The van der Waals surface area contributed by atoms with E-state index in [1.807, 2.05) is 4.90 Å². The molecule has 0 amide bonds. The Bertz CT molecular complexity index is 533. The number of aliphatic hydroxyl groups excluding tert-OH is 1. The third-order valence-electron chi connectivity index (χ3n) is 3.53. The number of aliphatic hydroxyl groups is 1. The zero-order valence-electron chi connectivity index (χ0n) is 11.1. The highest BCUT2D eigenvalue weighted by molar-refractivity contribution is 7.91. The quantitative estimate of drug-likeness (QED) is 0.833. The second-order valence-electron chi connectivity index (χ2n) is 4.99. The Morgan fingerprint density at radius 3 is 2.30 bits per heavy atom. The minimum atomic E-state index is -2.90. The predicted octanol–water partition coefficient (Wildman–Crippen LogP) is 0.252. The highest BCUT2D eigenvalue weighted by atomic mass is 32.2. The zero-order valence-corrected chi connectivity index (χ0v) is 11.9. The Kier molecular flexibility index (Phi) is 4.62. The SMILES string of the molecule is N[C@H](CF)[C@H](O)c1ccc(N2CCS(=O)(=O)CC2)cc1. The van der Waals surface area contributed by atoms with Crippen molar-refractivity contribution in [3.8, 4) is 0 Å². The minimum Gasteiger partial charge on any atom is -0.387 e. The van der Waals surface area contributed by atoms with E-state index in [2.05, 4.69) is 0 Å². The fourth-order valence-corrected chi connectivity index (χ4v) is 3.39. The minimum absolute atomic E-state index is 0.157. The summed E-state index contributed by atoms with van der Waals surface area (Å²) < 4.78 is 35.2. The average molecular weight is 302 g/mol. The monoisotopic (exact) mass is 302 g/mol. The number of nitrogens with two attached hydrogens (primary N) is 1. The van der Waals surface area contributed by atoms with Gasteiger partial charge in [-0.1, -0.05) is 12.1 Å². The average Bonchev–Trinajstić information content (AvgIpc) is 2.46. The molecule has 0 radical (unpaired) electrons. The van der Waals surface area contributed by atoms with Crippen LogP contribution in [0.1, 0.15) is 11.7 Å². The van der Waals surface area contributed by atoms with Gasteiger partial charge >= 0.3 is 0 Å². The second-order valence-corrected chi connectivity index (χ2v) is 7.30. The van der Waals surface area contributed by atoms with Crippen LogP contribution in [-0.4, -0.2) is 50.8 Å². The van der Waals surface area contributed by atoms with Gasteiger partial charge in [-0.25, -0.2) is 12.8 Å². The van der Waals surface area contributed by atoms with E-state index in [0.717, 1.165) is 5.69 Å². The Hall–Kier alpha value is -1.18. The van der Waals surface area contributed by atoms with Crippen molar-refractivity contribution >= 4 is 15.5 Å². The van der Waals surface area contributed by atoms with Crippen LogP contribution in [0.15, 0.2) is 24.3 Å². The van der Waals surface area contributed by atoms with Crippen molar-refractivity contribution < 1.29 is 17.9 Å². The van der Waals surface area contributed by atoms with E-state index in [-0.39, 0.29) is 11.5 Å². The van der Waals surface area contributed by atoms with E-state index in [9.17, 15) is 17.9 Å². The summed E-state index contributed by atoms with van der Waals surface area (Å²) in [6, 6.07) is 6.04. The Labute approximate surface area is 118 Å². The van der Waals surface area contributed by atoms with E-state index in [1.165, 1.54) is 0 Å². The van der Waals surface area contributed by atoms with Gasteiger partial charge in [-0.05, 0) is 17.7 Å². The van der Waals surface area contributed by atoms with Crippen molar-refractivity contribution in [2.45, 2.75) is 12.1 Å². The van der Waals surface area contributed by atoms with Gasteiger partial charge in [0, 0.05) is 18.8 Å². The molecule has 7 heteroatoms. The molecule has 0 spiro atoms. The maximum absolute atomic E-state index is 12.4. The van der Waals surface area contributed by atoms with Crippen molar-refractivity contribution in [3.05, 3.63) is 29.8 Å².